The second-order valence-corrected chi connectivity index (χ2v) is 5.90. The number of cyclic esters (lactones) is 1. The van der Waals surface area contributed by atoms with Gasteiger partial charge in [0.1, 0.15) is 17.3 Å². The van der Waals surface area contributed by atoms with E-state index >= 15 is 0 Å². The van der Waals surface area contributed by atoms with Gasteiger partial charge in [0.15, 0.2) is 5.70 Å². The Morgan fingerprint density at radius 1 is 0.962 bits per heavy atom. The lowest BCUT2D eigenvalue weighted by Crippen LogP contribution is -2.07. The van der Waals surface area contributed by atoms with Crippen molar-refractivity contribution in [2.45, 2.75) is 0 Å². The molecule has 0 N–H and O–H groups in total. The molecule has 0 radical (unpaired) electrons. The number of esters is 1. The number of nitrogens with zero attached hydrogens (tertiary/aromatic N) is 1. The van der Waals surface area contributed by atoms with E-state index in [1.807, 2.05) is 18.2 Å². The van der Waals surface area contributed by atoms with Crippen LogP contribution in [0.3, 0.4) is 0 Å². The van der Waals surface area contributed by atoms with Gasteiger partial charge in [-0.2, -0.15) is 0 Å². The fourth-order valence-electron chi connectivity index (χ4n) is 2.53. The van der Waals surface area contributed by atoms with Crippen molar-refractivity contribution in [3.8, 4) is 11.3 Å². The average Bonchev–Trinajstić information content (AvgIpc) is 3.23. The van der Waals surface area contributed by atoms with Crippen LogP contribution in [-0.2, 0) is 9.53 Å². The maximum atomic E-state index is 13.8. The summed E-state index contributed by atoms with van der Waals surface area (Å²) in [6.45, 7) is 0. The number of hydrogen-bond donors (Lipinski definition) is 0. The summed E-state index contributed by atoms with van der Waals surface area (Å²) in [4.78, 5) is 16.1. The first-order chi connectivity index (χ1) is 12.6. The van der Waals surface area contributed by atoms with E-state index in [0.717, 1.165) is 5.56 Å². The van der Waals surface area contributed by atoms with E-state index in [9.17, 15) is 9.18 Å². The number of ether oxygens (including phenoxy) is 1. The lowest BCUT2D eigenvalue weighted by molar-refractivity contribution is -0.129. The number of aliphatic imine (C=N–C) groups is 1. The molecule has 4 rings (SSSR count). The lowest BCUT2D eigenvalue weighted by Gasteiger charge is -1.99. The van der Waals surface area contributed by atoms with Gasteiger partial charge in [0.2, 0.25) is 5.90 Å². The third-order valence-electron chi connectivity index (χ3n) is 3.77. The first-order valence-corrected chi connectivity index (χ1v) is 8.12. The summed E-state index contributed by atoms with van der Waals surface area (Å²) in [6.07, 6.45) is 1.44. The Bertz CT molecular complexity index is 1070. The largest absolute Gasteiger partial charge is 0.457 e. The molecule has 0 amide bonds. The highest BCUT2D eigenvalue weighted by Crippen LogP contribution is 2.30. The van der Waals surface area contributed by atoms with Crippen LogP contribution >= 0.6 is 11.6 Å². The summed E-state index contributed by atoms with van der Waals surface area (Å²) in [5.74, 6) is -0.284. The van der Waals surface area contributed by atoms with E-state index in [0.29, 0.717) is 16.5 Å². The van der Waals surface area contributed by atoms with Crippen molar-refractivity contribution in [2.75, 3.05) is 0 Å². The van der Waals surface area contributed by atoms with Gasteiger partial charge in [-0.3, -0.25) is 0 Å². The van der Waals surface area contributed by atoms with Gasteiger partial charge in [0.25, 0.3) is 0 Å². The molecule has 1 aromatic heterocycles. The standard InChI is InChI=1S/C20H11ClFNO3/c21-15-7-3-1-5-13(15)18-10-9-12(25-18)11-17-20(24)26-19(23-17)14-6-2-4-8-16(14)22/h1-11H/b17-11-. The molecule has 0 bridgehead atoms. The zero-order valence-electron chi connectivity index (χ0n) is 13.3. The number of carbonyl (C=O) groups is 1. The number of carbonyl (C=O) groups excluding carboxylic acids is 1. The van der Waals surface area contributed by atoms with Gasteiger partial charge in [-0.25, -0.2) is 14.2 Å². The highest BCUT2D eigenvalue weighted by Gasteiger charge is 2.26. The molecule has 0 spiro atoms. The number of rotatable bonds is 3. The molecule has 0 fully saturated rings. The molecule has 6 heteroatoms. The lowest BCUT2D eigenvalue weighted by atomic mass is 10.2. The van der Waals surface area contributed by atoms with Crippen molar-refractivity contribution in [1.82, 2.24) is 0 Å². The third-order valence-corrected chi connectivity index (χ3v) is 4.10. The second kappa shape index (κ2) is 6.61. The van der Waals surface area contributed by atoms with Gasteiger partial charge in [0, 0.05) is 11.6 Å². The number of halogens is 2. The maximum absolute atomic E-state index is 13.8. The number of benzene rings is 2. The molecule has 128 valence electrons. The molecule has 4 nitrogen and oxygen atoms in total. The molecule has 2 heterocycles. The summed E-state index contributed by atoms with van der Waals surface area (Å²) < 4.78 is 24.6. The zero-order chi connectivity index (χ0) is 18.1. The Balaban J connectivity index is 1.66. The fraction of sp³-hybridized carbons (Fsp3) is 0. The summed E-state index contributed by atoms with van der Waals surface area (Å²) in [7, 11) is 0. The molecule has 0 atom stereocenters. The van der Waals surface area contributed by atoms with E-state index in [1.54, 1.807) is 30.3 Å². The summed E-state index contributed by atoms with van der Waals surface area (Å²) in [5, 5.41) is 0.557. The van der Waals surface area contributed by atoms with Crippen LogP contribution in [0.4, 0.5) is 4.39 Å². The third kappa shape index (κ3) is 3.05. The average molecular weight is 368 g/mol. The Labute approximate surface area is 153 Å². The monoisotopic (exact) mass is 367 g/mol. The molecular weight excluding hydrogens is 357 g/mol. The zero-order valence-corrected chi connectivity index (χ0v) is 14.0. The Kier molecular flexibility index (Phi) is 4.14. The van der Waals surface area contributed by atoms with Crippen molar-refractivity contribution in [3.63, 3.8) is 0 Å². The van der Waals surface area contributed by atoms with Gasteiger partial charge in [-0.15, -0.1) is 0 Å². The van der Waals surface area contributed by atoms with E-state index < -0.39 is 11.8 Å². The van der Waals surface area contributed by atoms with Gasteiger partial charge >= 0.3 is 5.97 Å². The Morgan fingerprint density at radius 2 is 1.69 bits per heavy atom. The summed E-state index contributed by atoms with van der Waals surface area (Å²) >= 11 is 6.16. The Hall–Kier alpha value is -3.18. The van der Waals surface area contributed by atoms with Crippen molar-refractivity contribution >= 4 is 29.5 Å². The summed E-state index contributed by atoms with van der Waals surface area (Å²) in [5.41, 5.74) is 0.895. The molecular formula is C20H11ClFNO3. The van der Waals surface area contributed by atoms with Crippen LogP contribution in [0, 0.1) is 5.82 Å². The molecule has 26 heavy (non-hydrogen) atoms. The number of furan rings is 1. The normalized spacial score (nSPS) is 15.2. The molecule has 0 saturated heterocycles. The van der Waals surface area contributed by atoms with Crippen molar-refractivity contribution in [3.05, 3.63) is 88.5 Å². The van der Waals surface area contributed by atoms with Crippen LogP contribution in [0.15, 0.2) is 75.8 Å². The van der Waals surface area contributed by atoms with E-state index in [-0.39, 0.29) is 17.2 Å². The van der Waals surface area contributed by atoms with Gasteiger partial charge in [0.05, 0.1) is 10.6 Å². The van der Waals surface area contributed by atoms with Crippen LogP contribution in [-0.4, -0.2) is 11.9 Å². The van der Waals surface area contributed by atoms with E-state index in [4.69, 9.17) is 20.8 Å². The first kappa shape index (κ1) is 16.3. The quantitative estimate of drug-likeness (QED) is 0.479. The molecule has 0 unspecified atom stereocenters. The smallest absolute Gasteiger partial charge is 0.363 e. The highest BCUT2D eigenvalue weighted by molar-refractivity contribution is 6.33. The predicted molar refractivity (Wildman–Crippen MR) is 96.2 cm³/mol. The van der Waals surface area contributed by atoms with Gasteiger partial charge < -0.3 is 9.15 Å². The molecule has 0 aliphatic carbocycles. The minimum Gasteiger partial charge on any atom is -0.457 e. The molecule has 0 saturated carbocycles. The Morgan fingerprint density at radius 3 is 2.46 bits per heavy atom. The maximum Gasteiger partial charge on any atom is 0.363 e. The van der Waals surface area contributed by atoms with Gasteiger partial charge in [-0.05, 0) is 36.4 Å². The second-order valence-electron chi connectivity index (χ2n) is 5.50. The molecule has 3 aromatic rings. The van der Waals surface area contributed by atoms with Crippen molar-refractivity contribution < 1.29 is 18.3 Å². The SMILES string of the molecule is O=C1OC(c2ccccc2F)=N/C1=C\c1ccc(-c2ccccc2Cl)o1. The minimum absolute atomic E-state index is 0.0308. The molecule has 2 aromatic carbocycles. The van der Waals surface area contributed by atoms with Crippen LogP contribution in [0.25, 0.3) is 17.4 Å². The van der Waals surface area contributed by atoms with Crippen LogP contribution in [0.5, 0.6) is 0 Å². The van der Waals surface area contributed by atoms with E-state index in [1.165, 1.54) is 18.2 Å². The van der Waals surface area contributed by atoms with Crippen molar-refractivity contribution in [2.24, 2.45) is 4.99 Å². The van der Waals surface area contributed by atoms with Crippen molar-refractivity contribution in [1.29, 1.82) is 0 Å². The van der Waals surface area contributed by atoms with Crippen LogP contribution in [0.1, 0.15) is 11.3 Å². The van der Waals surface area contributed by atoms with Gasteiger partial charge in [-0.1, -0.05) is 35.9 Å². The minimum atomic E-state index is -0.668. The first-order valence-electron chi connectivity index (χ1n) is 7.74. The topological polar surface area (TPSA) is 51.8 Å². The predicted octanol–water partition coefficient (Wildman–Crippen LogP) is 5.08. The summed E-state index contributed by atoms with van der Waals surface area (Å²) in [6, 6.07) is 16.7. The highest BCUT2D eigenvalue weighted by atomic mass is 35.5. The molecule has 1 aliphatic heterocycles. The van der Waals surface area contributed by atoms with Crippen LogP contribution < -0.4 is 0 Å². The van der Waals surface area contributed by atoms with Crippen LogP contribution in [0.2, 0.25) is 5.02 Å². The fourth-order valence-corrected chi connectivity index (χ4v) is 2.76. The van der Waals surface area contributed by atoms with E-state index in [2.05, 4.69) is 4.99 Å². The number of hydrogen-bond acceptors (Lipinski definition) is 4. The molecule has 1 aliphatic rings.